The molecule has 0 aliphatic rings. The zero-order chi connectivity index (χ0) is 13.8. The molecule has 0 aliphatic carbocycles. The quantitative estimate of drug-likeness (QED) is 0.671. The van der Waals surface area contributed by atoms with Crippen molar-refractivity contribution in [3.8, 4) is 0 Å². The second-order valence-electron chi connectivity index (χ2n) is 3.61. The van der Waals surface area contributed by atoms with E-state index in [0.717, 1.165) is 17.2 Å². The van der Waals surface area contributed by atoms with Gasteiger partial charge in [0, 0.05) is 18.8 Å². The Bertz CT molecular complexity index is 649. The molecule has 2 heterocycles. The van der Waals surface area contributed by atoms with E-state index in [2.05, 4.69) is 30.3 Å². The fourth-order valence-electron chi connectivity index (χ4n) is 1.32. The van der Waals surface area contributed by atoms with E-state index in [1.807, 2.05) is 6.92 Å². The smallest absolute Gasteiger partial charge is 0.319 e. The van der Waals surface area contributed by atoms with E-state index in [1.54, 1.807) is 6.07 Å². The van der Waals surface area contributed by atoms with Gasteiger partial charge in [0.15, 0.2) is 0 Å². The second-order valence-corrected chi connectivity index (χ2v) is 4.43. The average molecular weight is 280 g/mol. The van der Waals surface area contributed by atoms with Gasteiger partial charge in [-0.05, 0) is 18.5 Å². The van der Waals surface area contributed by atoms with Gasteiger partial charge in [0.25, 0.3) is 5.56 Å². The van der Waals surface area contributed by atoms with Crippen molar-refractivity contribution in [2.75, 3.05) is 17.7 Å². The molecule has 2 rings (SSSR count). The van der Waals surface area contributed by atoms with Gasteiger partial charge in [-0.3, -0.25) is 9.17 Å². The van der Waals surface area contributed by atoms with Crippen molar-refractivity contribution in [1.82, 2.24) is 19.7 Å². The van der Waals surface area contributed by atoms with E-state index in [-0.39, 0.29) is 11.2 Å². The van der Waals surface area contributed by atoms with Crippen LogP contribution in [0.5, 0.6) is 0 Å². The van der Waals surface area contributed by atoms with Gasteiger partial charge in [0.1, 0.15) is 22.8 Å². The largest absolute Gasteiger partial charge is 0.341 e. The maximum absolute atomic E-state index is 11.6. The molecule has 2 aromatic heterocycles. The van der Waals surface area contributed by atoms with Crippen molar-refractivity contribution >= 4 is 34.1 Å². The number of hydrogen-bond donors (Lipinski definition) is 4. The average Bonchev–Trinajstić information content (AvgIpc) is 2.71. The van der Waals surface area contributed by atoms with Gasteiger partial charge in [-0.1, -0.05) is 0 Å². The summed E-state index contributed by atoms with van der Waals surface area (Å²) < 4.78 is 2.54. The summed E-state index contributed by atoms with van der Waals surface area (Å²) in [5, 5.41) is 8.27. The molecule has 0 aromatic carbocycles. The number of urea groups is 1. The van der Waals surface area contributed by atoms with Gasteiger partial charge in [-0.15, -0.1) is 0 Å². The van der Waals surface area contributed by atoms with E-state index in [0.29, 0.717) is 10.8 Å². The lowest BCUT2D eigenvalue weighted by atomic mass is 10.4. The summed E-state index contributed by atoms with van der Waals surface area (Å²) in [5.74, 6) is 0.544. The highest BCUT2D eigenvalue weighted by atomic mass is 32.1. The van der Waals surface area contributed by atoms with Gasteiger partial charge in [-0.2, -0.15) is 0 Å². The van der Waals surface area contributed by atoms with Crippen LogP contribution in [-0.4, -0.2) is 27.4 Å². The number of aromatic nitrogens is 3. The molecule has 0 atom stereocenters. The summed E-state index contributed by atoms with van der Waals surface area (Å²) >= 11 is 1.08. The van der Waals surface area contributed by atoms with E-state index in [4.69, 9.17) is 0 Å². The molecule has 19 heavy (non-hydrogen) atoms. The predicted molar refractivity (Wildman–Crippen MR) is 73.1 cm³/mol. The van der Waals surface area contributed by atoms with Crippen LogP contribution in [0.15, 0.2) is 17.2 Å². The molecule has 0 spiro atoms. The summed E-state index contributed by atoms with van der Waals surface area (Å²) in [6.07, 6.45) is 1.42. The van der Waals surface area contributed by atoms with E-state index in [1.165, 1.54) is 13.4 Å². The number of aromatic amines is 1. The van der Waals surface area contributed by atoms with Gasteiger partial charge in [0.2, 0.25) is 0 Å². The molecule has 2 aromatic rings. The first kappa shape index (κ1) is 13.0. The Morgan fingerprint density at radius 2 is 2.21 bits per heavy atom. The lowest BCUT2D eigenvalue weighted by molar-refractivity contribution is 0.254. The summed E-state index contributed by atoms with van der Waals surface area (Å²) in [5.41, 5.74) is 0.573. The van der Waals surface area contributed by atoms with E-state index >= 15 is 0 Å². The monoisotopic (exact) mass is 280 g/mol. The Kier molecular flexibility index (Phi) is 3.76. The highest BCUT2D eigenvalue weighted by Crippen LogP contribution is 2.25. The number of hydrogen-bond acceptors (Lipinski definition) is 6. The molecule has 0 bridgehead atoms. The Morgan fingerprint density at radius 1 is 1.42 bits per heavy atom. The summed E-state index contributed by atoms with van der Waals surface area (Å²) in [6.45, 7) is 1.83. The van der Waals surface area contributed by atoms with Crippen LogP contribution in [0, 0.1) is 6.92 Å². The van der Waals surface area contributed by atoms with Crippen molar-refractivity contribution < 1.29 is 4.79 Å². The van der Waals surface area contributed by atoms with Gasteiger partial charge in [-0.25, -0.2) is 14.8 Å². The molecule has 0 radical (unpaired) electrons. The maximum atomic E-state index is 11.6. The first-order valence-electron chi connectivity index (χ1n) is 5.36. The molecule has 8 nitrogen and oxygen atoms in total. The zero-order valence-corrected chi connectivity index (χ0v) is 11.1. The lowest BCUT2D eigenvalue weighted by Gasteiger charge is -2.06. The third-order valence-electron chi connectivity index (χ3n) is 2.21. The standard InChI is InChI=1S/C10H12N6O2S/c1-5-3-6(13-4-12-5)14-9-7(8(17)16-19-9)15-10(18)11-2/h3-4H,1-2H3,(H,16,17)(H2,11,15,18)(H,12,13,14). The number of rotatable bonds is 3. The number of aryl methyl sites for hydroxylation is 1. The number of amides is 2. The Labute approximate surface area is 112 Å². The van der Waals surface area contributed by atoms with Gasteiger partial charge >= 0.3 is 6.03 Å². The third-order valence-corrected chi connectivity index (χ3v) is 3.01. The molecule has 0 saturated carbocycles. The minimum absolute atomic E-state index is 0.153. The van der Waals surface area contributed by atoms with Gasteiger partial charge < -0.3 is 16.0 Å². The van der Waals surface area contributed by atoms with Crippen molar-refractivity contribution in [3.05, 3.63) is 28.4 Å². The number of nitrogens with zero attached hydrogens (tertiary/aromatic N) is 2. The molecular formula is C10H12N6O2S. The number of carbonyl (C=O) groups is 1. The second kappa shape index (κ2) is 5.48. The molecular weight excluding hydrogens is 268 g/mol. The number of carbonyl (C=O) groups excluding carboxylic acids is 1. The van der Waals surface area contributed by atoms with Crippen molar-refractivity contribution in [3.63, 3.8) is 0 Å². The first-order valence-corrected chi connectivity index (χ1v) is 6.17. The highest BCUT2D eigenvalue weighted by Gasteiger charge is 2.13. The van der Waals surface area contributed by atoms with Crippen LogP contribution in [0.2, 0.25) is 0 Å². The minimum atomic E-state index is -0.467. The first-order chi connectivity index (χ1) is 9.10. The van der Waals surface area contributed by atoms with Crippen molar-refractivity contribution in [2.45, 2.75) is 6.92 Å². The van der Waals surface area contributed by atoms with Gasteiger partial charge in [0.05, 0.1) is 0 Å². The SMILES string of the molecule is CNC(=O)Nc1c(Nc2cc(C)ncn2)s[nH]c1=O. The van der Waals surface area contributed by atoms with Crippen LogP contribution in [0.3, 0.4) is 0 Å². The molecule has 4 N–H and O–H groups in total. The molecule has 0 aliphatic heterocycles. The maximum Gasteiger partial charge on any atom is 0.319 e. The summed E-state index contributed by atoms with van der Waals surface area (Å²) in [6, 6.07) is 1.26. The van der Waals surface area contributed by atoms with Crippen LogP contribution in [-0.2, 0) is 0 Å². The Hall–Kier alpha value is -2.42. The molecule has 9 heteroatoms. The third kappa shape index (κ3) is 3.07. The van der Waals surface area contributed by atoms with Crippen LogP contribution in [0.1, 0.15) is 5.69 Å². The summed E-state index contributed by atoms with van der Waals surface area (Å²) in [7, 11) is 1.47. The Morgan fingerprint density at radius 3 is 2.89 bits per heavy atom. The topological polar surface area (TPSA) is 112 Å². The zero-order valence-electron chi connectivity index (χ0n) is 10.3. The van der Waals surface area contributed by atoms with Crippen molar-refractivity contribution in [1.29, 1.82) is 0 Å². The lowest BCUT2D eigenvalue weighted by Crippen LogP contribution is -2.27. The fraction of sp³-hybridized carbons (Fsp3) is 0.200. The number of H-pyrrole nitrogens is 1. The Balaban J connectivity index is 2.26. The van der Waals surface area contributed by atoms with Crippen LogP contribution in [0.25, 0.3) is 0 Å². The van der Waals surface area contributed by atoms with E-state index < -0.39 is 6.03 Å². The molecule has 100 valence electrons. The number of nitrogens with one attached hydrogen (secondary N) is 4. The summed E-state index contributed by atoms with van der Waals surface area (Å²) in [4.78, 5) is 30.9. The van der Waals surface area contributed by atoms with E-state index in [9.17, 15) is 9.59 Å². The molecule has 0 fully saturated rings. The van der Waals surface area contributed by atoms with Crippen LogP contribution < -0.4 is 21.5 Å². The highest BCUT2D eigenvalue weighted by molar-refractivity contribution is 7.11. The molecule has 0 saturated heterocycles. The van der Waals surface area contributed by atoms with Crippen LogP contribution >= 0.6 is 11.5 Å². The fourth-order valence-corrected chi connectivity index (χ4v) is 2.02. The normalized spacial score (nSPS) is 10.0. The van der Waals surface area contributed by atoms with Crippen LogP contribution in [0.4, 0.5) is 21.3 Å². The number of anilines is 3. The molecule has 2 amide bonds. The molecule has 0 unspecified atom stereocenters. The van der Waals surface area contributed by atoms with Crippen molar-refractivity contribution in [2.24, 2.45) is 0 Å². The minimum Gasteiger partial charge on any atom is -0.341 e. The predicted octanol–water partition coefficient (Wildman–Crippen LogP) is 1.03.